The highest BCUT2D eigenvalue weighted by molar-refractivity contribution is 5.42. The third-order valence-electron chi connectivity index (χ3n) is 3.93. The van der Waals surface area contributed by atoms with E-state index in [0.29, 0.717) is 0 Å². The van der Waals surface area contributed by atoms with Crippen molar-refractivity contribution in [2.75, 3.05) is 11.9 Å². The molecule has 1 fully saturated rings. The molecule has 0 aliphatic heterocycles. The molecule has 1 aliphatic carbocycles. The van der Waals surface area contributed by atoms with E-state index in [2.05, 4.69) is 22.3 Å². The molecule has 0 spiro atoms. The average Bonchev–Trinajstić information content (AvgIpc) is 2.81. The van der Waals surface area contributed by atoms with Crippen LogP contribution in [0.2, 0.25) is 0 Å². The zero-order chi connectivity index (χ0) is 12.4. The molecule has 4 nitrogen and oxygen atoms in total. The third kappa shape index (κ3) is 2.47. The Hall–Kier alpha value is -1.58. The summed E-state index contributed by atoms with van der Waals surface area (Å²) in [7, 11) is 0. The largest absolute Gasteiger partial charge is 0.353 e. The van der Waals surface area contributed by atoms with Crippen molar-refractivity contribution in [3.63, 3.8) is 0 Å². The Kier molecular flexibility index (Phi) is 3.17. The molecule has 1 saturated carbocycles. The van der Waals surface area contributed by atoms with Crippen LogP contribution in [0.5, 0.6) is 0 Å². The van der Waals surface area contributed by atoms with Gasteiger partial charge in [-0.2, -0.15) is 4.98 Å². The number of pyridine rings is 1. The number of rotatable bonds is 3. The molecular weight excluding hydrogens is 224 g/mol. The average molecular weight is 244 g/mol. The fourth-order valence-electron chi connectivity index (χ4n) is 2.68. The van der Waals surface area contributed by atoms with Crippen molar-refractivity contribution in [3.05, 3.63) is 24.4 Å². The molecule has 96 valence electrons. The van der Waals surface area contributed by atoms with Gasteiger partial charge in [0.15, 0.2) is 5.65 Å². The van der Waals surface area contributed by atoms with Crippen LogP contribution in [0.4, 0.5) is 5.95 Å². The second-order valence-corrected chi connectivity index (χ2v) is 5.45. The number of fused-ring (bicyclic) bond motifs is 1. The van der Waals surface area contributed by atoms with Crippen molar-refractivity contribution in [1.82, 2.24) is 14.6 Å². The molecule has 1 aliphatic rings. The molecule has 0 radical (unpaired) electrons. The molecule has 0 aromatic carbocycles. The zero-order valence-corrected chi connectivity index (χ0v) is 10.8. The lowest BCUT2D eigenvalue weighted by molar-refractivity contribution is 0.300. The van der Waals surface area contributed by atoms with E-state index in [-0.39, 0.29) is 0 Å². The van der Waals surface area contributed by atoms with Gasteiger partial charge in [-0.3, -0.25) is 0 Å². The second kappa shape index (κ2) is 4.96. The molecule has 2 aromatic rings. The van der Waals surface area contributed by atoms with Crippen LogP contribution in [0.25, 0.3) is 5.65 Å². The lowest BCUT2D eigenvalue weighted by Gasteiger charge is -2.25. The summed E-state index contributed by atoms with van der Waals surface area (Å²) in [5.41, 5.74) is 0.900. The highest BCUT2D eigenvalue weighted by Crippen LogP contribution is 2.28. The standard InChI is InChI=1S/C14H20N4/c1-11-5-7-12(8-6-11)10-15-14-16-13-4-2-3-9-18(13)17-14/h2-4,9,11-12H,5-8,10H2,1H3,(H,15,17). The Morgan fingerprint density at radius 1 is 1.28 bits per heavy atom. The predicted molar refractivity (Wildman–Crippen MR) is 72.6 cm³/mol. The van der Waals surface area contributed by atoms with Crippen LogP contribution in [0, 0.1) is 11.8 Å². The fraction of sp³-hybridized carbons (Fsp3) is 0.571. The van der Waals surface area contributed by atoms with E-state index >= 15 is 0 Å². The number of hydrogen-bond donors (Lipinski definition) is 1. The van der Waals surface area contributed by atoms with Crippen molar-refractivity contribution in [2.24, 2.45) is 11.8 Å². The molecule has 0 bridgehead atoms. The van der Waals surface area contributed by atoms with Crippen LogP contribution in [0.3, 0.4) is 0 Å². The molecule has 2 heterocycles. The van der Waals surface area contributed by atoms with E-state index in [1.807, 2.05) is 28.9 Å². The van der Waals surface area contributed by atoms with Gasteiger partial charge in [-0.15, -0.1) is 5.10 Å². The summed E-state index contributed by atoms with van der Waals surface area (Å²) in [4.78, 5) is 4.45. The summed E-state index contributed by atoms with van der Waals surface area (Å²) < 4.78 is 1.81. The third-order valence-corrected chi connectivity index (χ3v) is 3.93. The van der Waals surface area contributed by atoms with Crippen molar-refractivity contribution >= 4 is 11.6 Å². The maximum absolute atomic E-state index is 4.45. The first-order chi connectivity index (χ1) is 8.81. The van der Waals surface area contributed by atoms with E-state index in [4.69, 9.17) is 0 Å². The maximum atomic E-state index is 4.45. The van der Waals surface area contributed by atoms with Crippen molar-refractivity contribution < 1.29 is 0 Å². The normalized spacial score (nSPS) is 24.3. The van der Waals surface area contributed by atoms with E-state index < -0.39 is 0 Å². The Morgan fingerprint density at radius 3 is 2.89 bits per heavy atom. The van der Waals surface area contributed by atoms with Crippen LogP contribution in [-0.4, -0.2) is 21.1 Å². The maximum Gasteiger partial charge on any atom is 0.243 e. The summed E-state index contributed by atoms with van der Waals surface area (Å²) in [5.74, 6) is 2.45. The van der Waals surface area contributed by atoms with Gasteiger partial charge < -0.3 is 5.32 Å². The van der Waals surface area contributed by atoms with Gasteiger partial charge >= 0.3 is 0 Å². The highest BCUT2D eigenvalue weighted by atomic mass is 15.3. The molecule has 4 heteroatoms. The minimum Gasteiger partial charge on any atom is -0.353 e. The first kappa shape index (κ1) is 11.5. The first-order valence-electron chi connectivity index (χ1n) is 6.86. The quantitative estimate of drug-likeness (QED) is 0.902. The molecular formula is C14H20N4. The van der Waals surface area contributed by atoms with Gasteiger partial charge in [0, 0.05) is 12.7 Å². The first-order valence-corrected chi connectivity index (χ1v) is 6.86. The minimum absolute atomic E-state index is 0.750. The van der Waals surface area contributed by atoms with E-state index in [1.54, 1.807) is 0 Å². The van der Waals surface area contributed by atoms with Crippen LogP contribution in [0.1, 0.15) is 32.6 Å². The Bertz CT molecular complexity index is 478. The molecule has 0 saturated heterocycles. The van der Waals surface area contributed by atoms with Crippen molar-refractivity contribution in [1.29, 1.82) is 0 Å². The molecule has 2 aromatic heterocycles. The number of hydrogen-bond acceptors (Lipinski definition) is 3. The minimum atomic E-state index is 0.750. The second-order valence-electron chi connectivity index (χ2n) is 5.45. The van der Waals surface area contributed by atoms with Gasteiger partial charge in [-0.05, 0) is 36.8 Å². The SMILES string of the molecule is CC1CCC(CNc2nc3ccccn3n2)CC1. The number of nitrogens with zero attached hydrogens (tertiary/aromatic N) is 3. The van der Waals surface area contributed by atoms with Gasteiger partial charge in [0.05, 0.1) is 0 Å². The summed E-state index contributed by atoms with van der Waals surface area (Å²) >= 11 is 0. The molecule has 1 N–H and O–H groups in total. The summed E-state index contributed by atoms with van der Waals surface area (Å²) in [6.45, 7) is 3.36. The number of aromatic nitrogens is 3. The summed E-state index contributed by atoms with van der Waals surface area (Å²) in [6, 6.07) is 5.92. The monoisotopic (exact) mass is 244 g/mol. The van der Waals surface area contributed by atoms with E-state index in [1.165, 1.54) is 25.7 Å². The molecule has 0 atom stereocenters. The Balaban J connectivity index is 1.59. The van der Waals surface area contributed by atoms with Crippen molar-refractivity contribution in [3.8, 4) is 0 Å². The van der Waals surface area contributed by atoms with Crippen LogP contribution in [-0.2, 0) is 0 Å². The van der Waals surface area contributed by atoms with Crippen LogP contribution < -0.4 is 5.32 Å². The molecule has 0 unspecified atom stereocenters. The van der Waals surface area contributed by atoms with Gasteiger partial charge in [-0.25, -0.2) is 4.52 Å². The lowest BCUT2D eigenvalue weighted by atomic mass is 9.83. The van der Waals surface area contributed by atoms with Crippen LogP contribution >= 0.6 is 0 Å². The van der Waals surface area contributed by atoms with Gasteiger partial charge in [0.1, 0.15) is 0 Å². The molecule has 18 heavy (non-hydrogen) atoms. The molecule has 0 amide bonds. The summed E-state index contributed by atoms with van der Waals surface area (Å²) in [6.07, 6.45) is 7.33. The van der Waals surface area contributed by atoms with Gasteiger partial charge in [0.2, 0.25) is 5.95 Å². The molecule has 3 rings (SSSR count). The highest BCUT2D eigenvalue weighted by Gasteiger charge is 2.18. The van der Waals surface area contributed by atoms with E-state index in [0.717, 1.165) is 30.0 Å². The summed E-state index contributed by atoms with van der Waals surface area (Å²) in [5, 5.41) is 7.78. The van der Waals surface area contributed by atoms with Crippen molar-refractivity contribution in [2.45, 2.75) is 32.6 Å². The number of anilines is 1. The Labute approximate surface area is 107 Å². The van der Waals surface area contributed by atoms with Gasteiger partial charge in [-0.1, -0.05) is 25.8 Å². The number of nitrogens with one attached hydrogen (secondary N) is 1. The van der Waals surface area contributed by atoms with E-state index in [9.17, 15) is 0 Å². The lowest BCUT2D eigenvalue weighted by Crippen LogP contribution is -2.20. The Morgan fingerprint density at radius 2 is 2.11 bits per heavy atom. The topological polar surface area (TPSA) is 42.2 Å². The smallest absolute Gasteiger partial charge is 0.243 e. The zero-order valence-electron chi connectivity index (χ0n) is 10.8. The fourth-order valence-corrected chi connectivity index (χ4v) is 2.68. The van der Waals surface area contributed by atoms with Crippen LogP contribution in [0.15, 0.2) is 24.4 Å². The van der Waals surface area contributed by atoms with Gasteiger partial charge in [0.25, 0.3) is 0 Å². The predicted octanol–water partition coefficient (Wildman–Crippen LogP) is 2.97.